The number of ether oxygens (including phenoxy) is 2. The summed E-state index contributed by atoms with van der Waals surface area (Å²) in [5.74, 6) is 0.259. The van der Waals surface area contributed by atoms with Gasteiger partial charge in [-0.15, -0.1) is 0 Å². The Morgan fingerprint density at radius 1 is 1.42 bits per heavy atom. The first kappa shape index (κ1) is 18.7. The molecule has 1 atom stereocenters. The molecule has 7 nitrogen and oxygen atoms in total. The molecule has 1 saturated heterocycles. The van der Waals surface area contributed by atoms with Crippen molar-refractivity contribution in [3.8, 4) is 5.75 Å². The first-order chi connectivity index (χ1) is 11.3. The number of hydrogen-bond donors (Lipinski definition) is 1. The highest BCUT2D eigenvalue weighted by Gasteiger charge is 2.19. The molecule has 24 heavy (non-hydrogen) atoms. The smallest absolute Gasteiger partial charge is 0.258 e. The highest BCUT2D eigenvalue weighted by molar-refractivity contribution is 7.89. The van der Waals surface area contributed by atoms with E-state index in [0.29, 0.717) is 17.9 Å². The van der Waals surface area contributed by atoms with E-state index in [2.05, 4.69) is 5.32 Å². The van der Waals surface area contributed by atoms with Crippen molar-refractivity contribution in [1.82, 2.24) is 9.62 Å². The average Bonchev–Trinajstić information content (AvgIpc) is 3.04. The standard InChI is InChI=1S/C16H24N2O5S/c1-12-9-14(24(20,21)18(2)3)6-7-15(12)23-11-16(19)17-10-13-5-4-8-22-13/h6-7,9,13H,4-5,8,10-11H2,1-3H3,(H,17,19)/t13-/m1/s1. The highest BCUT2D eigenvalue weighted by Crippen LogP contribution is 2.23. The van der Waals surface area contributed by atoms with E-state index in [9.17, 15) is 13.2 Å². The Balaban J connectivity index is 1.89. The molecule has 0 saturated carbocycles. The number of carbonyl (C=O) groups excluding carboxylic acids is 1. The summed E-state index contributed by atoms with van der Waals surface area (Å²) in [6.07, 6.45) is 2.08. The molecule has 1 aromatic carbocycles. The van der Waals surface area contributed by atoms with Crippen molar-refractivity contribution < 1.29 is 22.7 Å². The normalized spacial score (nSPS) is 17.9. The van der Waals surface area contributed by atoms with Gasteiger partial charge in [0.15, 0.2) is 6.61 Å². The molecule has 1 amide bonds. The number of nitrogens with one attached hydrogen (secondary N) is 1. The van der Waals surface area contributed by atoms with Crippen LogP contribution in [-0.2, 0) is 19.6 Å². The van der Waals surface area contributed by atoms with Gasteiger partial charge in [0.2, 0.25) is 10.0 Å². The van der Waals surface area contributed by atoms with Gasteiger partial charge in [-0.05, 0) is 43.5 Å². The Kier molecular flexibility index (Phi) is 6.20. The summed E-state index contributed by atoms with van der Waals surface area (Å²) in [4.78, 5) is 12.0. The van der Waals surface area contributed by atoms with E-state index >= 15 is 0 Å². The van der Waals surface area contributed by atoms with Crippen molar-refractivity contribution in [3.63, 3.8) is 0 Å². The molecule has 0 aliphatic carbocycles. The third kappa shape index (κ3) is 4.68. The number of hydrogen-bond acceptors (Lipinski definition) is 5. The SMILES string of the molecule is Cc1cc(S(=O)(=O)N(C)C)ccc1OCC(=O)NC[C@H]1CCCO1. The molecular formula is C16H24N2O5S. The fourth-order valence-electron chi connectivity index (χ4n) is 2.38. The second kappa shape index (κ2) is 7.96. The van der Waals surface area contributed by atoms with E-state index in [-0.39, 0.29) is 23.5 Å². The third-order valence-corrected chi connectivity index (χ3v) is 5.65. The number of sulfonamides is 1. The Hall–Kier alpha value is -1.64. The van der Waals surface area contributed by atoms with Crippen molar-refractivity contribution >= 4 is 15.9 Å². The Morgan fingerprint density at radius 2 is 2.17 bits per heavy atom. The lowest BCUT2D eigenvalue weighted by molar-refractivity contribution is -0.123. The second-order valence-corrected chi connectivity index (χ2v) is 8.09. The minimum Gasteiger partial charge on any atom is -0.484 e. The Morgan fingerprint density at radius 3 is 2.75 bits per heavy atom. The summed E-state index contributed by atoms with van der Waals surface area (Å²) in [7, 11) is -0.522. The van der Waals surface area contributed by atoms with Crippen LogP contribution in [0.4, 0.5) is 0 Å². The maximum Gasteiger partial charge on any atom is 0.258 e. The lowest BCUT2D eigenvalue weighted by Gasteiger charge is -2.14. The molecule has 0 spiro atoms. The summed E-state index contributed by atoms with van der Waals surface area (Å²) in [5.41, 5.74) is 0.657. The van der Waals surface area contributed by atoms with Gasteiger partial charge in [0.25, 0.3) is 5.91 Å². The number of nitrogens with zero attached hydrogens (tertiary/aromatic N) is 1. The lowest BCUT2D eigenvalue weighted by atomic mass is 10.2. The van der Waals surface area contributed by atoms with Gasteiger partial charge in [0.05, 0.1) is 11.0 Å². The molecule has 1 aromatic rings. The lowest BCUT2D eigenvalue weighted by Crippen LogP contribution is -2.35. The van der Waals surface area contributed by atoms with Crippen LogP contribution in [0.1, 0.15) is 18.4 Å². The van der Waals surface area contributed by atoms with Gasteiger partial charge in [-0.25, -0.2) is 12.7 Å². The zero-order chi connectivity index (χ0) is 17.7. The van der Waals surface area contributed by atoms with Crippen LogP contribution >= 0.6 is 0 Å². The number of benzene rings is 1. The molecule has 134 valence electrons. The molecule has 0 aromatic heterocycles. The van der Waals surface area contributed by atoms with Gasteiger partial charge >= 0.3 is 0 Å². The van der Waals surface area contributed by atoms with Gasteiger partial charge < -0.3 is 14.8 Å². The predicted octanol–water partition coefficient (Wildman–Crippen LogP) is 0.919. The molecular weight excluding hydrogens is 332 g/mol. The topological polar surface area (TPSA) is 84.9 Å². The van der Waals surface area contributed by atoms with Crippen LogP contribution in [0.15, 0.2) is 23.1 Å². The molecule has 0 unspecified atom stereocenters. The number of carbonyl (C=O) groups is 1. The minimum atomic E-state index is -3.48. The highest BCUT2D eigenvalue weighted by atomic mass is 32.2. The molecule has 0 radical (unpaired) electrons. The summed E-state index contributed by atoms with van der Waals surface area (Å²) < 4.78 is 36.2. The van der Waals surface area contributed by atoms with E-state index in [1.165, 1.54) is 26.2 Å². The van der Waals surface area contributed by atoms with E-state index in [4.69, 9.17) is 9.47 Å². The maximum atomic E-state index is 12.1. The van der Waals surface area contributed by atoms with Crippen LogP contribution in [0.3, 0.4) is 0 Å². The number of aryl methyl sites for hydroxylation is 1. The molecule has 8 heteroatoms. The van der Waals surface area contributed by atoms with Gasteiger partial charge in [0, 0.05) is 27.2 Å². The molecule has 1 heterocycles. The maximum absolute atomic E-state index is 12.1. The second-order valence-electron chi connectivity index (χ2n) is 5.94. The molecule has 0 bridgehead atoms. The summed E-state index contributed by atoms with van der Waals surface area (Å²) in [6, 6.07) is 4.58. The van der Waals surface area contributed by atoms with Crippen LogP contribution in [0.25, 0.3) is 0 Å². The van der Waals surface area contributed by atoms with E-state index in [1.54, 1.807) is 13.0 Å². The van der Waals surface area contributed by atoms with Gasteiger partial charge in [-0.3, -0.25) is 4.79 Å². The predicted molar refractivity (Wildman–Crippen MR) is 89.5 cm³/mol. The first-order valence-electron chi connectivity index (χ1n) is 7.85. The number of amides is 1. The van der Waals surface area contributed by atoms with E-state index < -0.39 is 10.0 Å². The molecule has 1 fully saturated rings. The van der Waals surface area contributed by atoms with Crippen molar-refractivity contribution in [2.45, 2.75) is 30.8 Å². The summed E-state index contributed by atoms with van der Waals surface area (Å²) >= 11 is 0. The van der Waals surface area contributed by atoms with Crippen LogP contribution < -0.4 is 10.1 Å². The van der Waals surface area contributed by atoms with E-state index in [1.807, 2.05) is 0 Å². The van der Waals surface area contributed by atoms with Crippen LogP contribution in [0.5, 0.6) is 5.75 Å². The van der Waals surface area contributed by atoms with E-state index in [0.717, 1.165) is 23.8 Å². The Bertz CT molecular complexity index is 682. The zero-order valence-corrected chi connectivity index (χ0v) is 15.1. The summed E-state index contributed by atoms with van der Waals surface area (Å²) in [5, 5.41) is 2.77. The van der Waals surface area contributed by atoms with Crippen molar-refractivity contribution in [1.29, 1.82) is 0 Å². The molecule has 1 aliphatic heterocycles. The van der Waals surface area contributed by atoms with Crippen molar-refractivity contribution in [2.24, 2.45) is 0 Å². The van der Waals surface area contributed by atoms with Crippen LogP contribution in [0.2, 0.25) is 0 Å². The monoisotopic (exact) mass is 356 g/mol. The minimum absolute atomic E-state index is 0.0891. The fourth-order valence-corrected chi connectivity index (χ4v) is 3.37. The third-order valence-electron chi connectivity index (χ3n) is 3.83. The quantitative estimate of drug-likeness (QED) is 0.785. The van der Waals surface area contributed by atoms with Gasteiger partial charge in [-0.2, -0.15) is 0 Å². The Labute approximate surface area is 143 Å². The fraction of sp³-hybridized carbons (Fsp3) is 0.562. The average molecular weight is 356 g/mol. The van der Waals surface area contributed by atoms with Gasteiger partial charge in [0.1, 0.15) is 5.75 Å². The van der Waals surface area contributed by atoms with Crippen LogP contribution in [0, 0.1) is 6.92 Å². The van der Waals surface area contributed by atoms with Crippen molar-refractivity contribution in [3.05, 3.63) is 23.8 Å². The molecule has 1 N–H and O–H groups in total. The van der Waals surface area contributed by atoms with Crippen molar-refractivity contribution in [2.75, 3.05) is 33.9 Å². The molecule has 2 rings (SSSR count). The number of rotatable bonds is 7. The molecule has 1 aliphatic rings. The first-order valence-corrected chi connectivity index (χ1v) is 9.29. The largest absolute Gasteiger partial charge is 0.484 e. The zero-order valence-electron chi connectivity index (χ0n) is 14.2. The summed E-state index contributed by atoms with van der Waals surface area (Å²) in [6.45, 7) is 2.86. The van der Waals surface area contributed by atoms with Crippen LogP contribution in [-0.4, -0.2) is 58.6 Å². The van der Waals surface area contributed by atoms with Gasteiger partial charge in [-0.1, -0.05) is 0 Å².